The molecule has 0 saturated heterocycles. The number of aromatic nitrogens is 4. The van der Waals surface area contributed by atoms with E-state index in [0.717, 1.165) is 34.8 Å². The molecule has 0 unspecified atom stereocenters. The van der Waals surface area contributed by atoms with Gasteiger partial charge in [-0.05, 0) is 6.07 Å². The first-order valence-electron chi connectivity index (χ1n) is 6.64. The second-order valence-corrected chi connectivity index (χ2v) is 4.75. The lowest BCUT2D eigenvalue weighted by atomic mass is 10.3. The maximum Gasteiger partial charge on any atom is 0.163 e. The van der Waals surface area contributed by atoms with Crippen molar-refractivity contribution in [1.82, 2.24) is 19.7 Å². The number of imidazole rings is 1. The number of rotatable bonds is 2. The van der Waals surface area contributed by atoms with Crippen molar-refractivity contribution in [2.24, 2.45) is 0 Å². The lowest BCUT2D eigenvalue weighted by molar-refractivity contribution is 0.297. The molecule has 2 aromatic heterocycles. The lowest BCUT2D eigenvalue weighted by Crippen LogP contribution is -2.01. The van der Waals surface area contributed by atoms with Crippen LogP contribution in [0.3, 0.4) is 0 Å². The molecule has 1 aliphatic heterocycles. The summed E-state index contributed by atoms with van der Waals surface area (Å²) in [6, 6.07) is 5.78. The molecular weight excluding hydrogens is 256 g/mol. The molecule has 0 fully saturated rings. The van der Waals surface area contributed by atoms with Gasteiger partial charge in [0.1, 0.15) is 5.82 Å². The maximum atomic E-state index is 5.68. The van der Waals surface area contributed by atoms with Crippen molar-refractivity contribution in [2.45, 2.75) is 13.0 Å². The minimum Gasteiger partial charge on any atom is -0.489 e. The quantitative estimate of drug-likeness (QED) is 0.773. The fraction of sp³-hybridized carbons (Fsp3) is 0.286. The van der Waals surface area contributed by atoms with Crippen LogP contribution in [0.15, 0.2) is 30.6 Å². The Hall–Kier alpha value is -2.50. The van der Waals surface area contributed by atoms with Crippen molar-refractivity contribution in [2.75, 3.05) is 13.2 Å². The smallest absolute Gasteiger partial charge is 0.163 e. The average molecular weight is 270 g/mol. The first-order valence-corrected chi connectivity index (χ1v) is 6.64. The van der Waals surface area contributed by atoms with Crippen molar-refractivity contribution in [3.63, 3.8) is 0 Å². The maximum absolute atomic E-state index is 5.68. The molecular formula is C14H14N4O2. The molecule has 1 N–H and O–H groups in total. The van der Waals surface area contributed by atoms with Crippen LogP contribution in [0, 0.1) is 0 Å². The zero-order valence-corrected chi connectivity index (χ0v) is 10.9. The van der Waals surface area contributed by atoms with Crippen molar-refractivity contribution in [1.29, 1.82) is 0 Å². The van der Waals surface area contributed by atoms with Gasteiger partial charge in [-0.25, -0.2) is 4.98 Å². The Bertz CT molecular complexity index is 690. The third kappa shape index (κ3) is 1.99. The summed E-state index contributed by atoms with van der Waals surface area (Å²) in [6.07, 6.45) is 4.57. The van der Waals surface area contributed by atoms with E-state index in [1.165, 1.54) is 0 Å². The molecule has 6 nitrogen and oxygen atoms in total. The van der Waals surface area contributed by atoms with Crippen molar-refractivity contribution in [3.8, 4) is 11.5 Å². The highest BCUT2D eigenvalue weighted by Gasteiger charge is 2.14. The number of hydrogen-bond acceptors (Lipinski definition) is 4. The molecule has 3 aromatic rings. The number of benzene rings is 1. The molecule has 0 bridgehead atoms. The Kier molecular flexibility index (Phi) is 2.58. The fourth-order valence-corrected chi connectivity index (χ4v) is 2.34. The Morgan fingerprint density at radius 3 is 2.85 bits per heavy atom. The normalized spacial score (nSPS) is 14.4. The number of fused-ring (bicyclic) bond motifs is 2. The fourth-order valence-electron chi connectivity index (χ4n) is 2.34. The zero-order valence-electron chi connectivity index (χ0n) is 10.9. The molecule has 0 saturated carbocycles. The Morgan fingerprint density at radius 2 is 2.05 bits per heavy atom. The molecule has 0 amide bonds. The predicted molar refractivity (Wildman–Crippen MR) is 73.0 cm³/mol. The monoisotopic (exact) mass is 270 g/mol. The number of H-pyrrole nitrogens is 1. The van der Waals surface area contributed by atoms with Crippen molar-refractivity contribution < 1.29 is 9.47 Å². The van der Waals surface area contributed by atoms with Gasteiger partial charge < -0.3 is 14.5 Å². The van der Waals surface area contributed by atoms with E-state index >= 15 is 0 Å². The van der Waals surface area contributed by atoms with Crippen LogP contribution in [0.5, 0.6) is 11.5 Å². The molecule has 3 heterocycles. The minimum atomic E-state index is 0.619. The van der Waals surface area contributed by atoms with Gasteiger partial charge in [0.15, 0.2) is 11.5 Å². The van der Waals surface area contributed by atoms with Gasteiger partial charge in [-0.2, -0.15) is 5.10 Å². The van der Waals surface area contributed by atoms with Crippen LogP contribution in [0.1, 0.15) is 12.2 Å². The molecule has 20 heavy (non-hydrogen) atoms. The molecule has 0 spiro atoms. The summed E-state index contributed by atoms with van der Waals surface area (Å²) in [5.74, 6) is 2.42. The second kappa shape index (κ2) is 4.56. The third-order valence-electron chi connectivity index (χ3n) is 3.27. The predicted octanol–water partition coefficient (Wildman–Crippen LogP) is 1.97. The topological polar surface area (TPSA) is 65.0 Å². The Balaban J connectivity index is 1.72. The molecule has 4 rings (SSSR count). The molecule has 102 valence electrons. The summed E-state index contributed by atoms with van der Waals surface area (Å²) in [7, 11) is 0. The number of nitrogens with zero attached hydrogens (tertiary/aromatic N) is 3. The summed E-state index contributed by atoms with van der Waals surface area (Å²) in [5, 5.41) is 4.18. The van der Waals surface area contributed by atoms with Gasteiger partial charge in [-0.3, -0.25) is 4.68 Å². The number of hydrogen-bond donors (Lipinski definition) is 1. The molecule has 1 aliphatic rings. The zero-order chi connectivity index (χ0) is 13.4. The summed E-state index contributed by atoms with van der Waals surface area (Å²) in [4.78, 5) is 7.87. The summed E-state index contributed by atoms with van der Waals surface area (Å²) < 4.78 is 13.2. The summed E-state index contributed by atoms with van der Waals surface area (Å²) in [6.45, 7) is 1.99. The van der Waals surface area contributed by atoms with E-state index in [1.807, 2.05) is 29.1 Å². The molecule has 0 aliphatic carbocycles. The summed E-state index contributed by atoms with van der Waals surface area (Å²) >= 11 is 0. The van der Waals surface area contributed by atoms with Gasteiger partial charge in [-0.1, -0.05) is 0 Å². The van der Waals surface area contributed by atoms with Crippen LogP contribution >= 0.6 is 0 Å². The van der Waals surface area contributed by atoms with Crippen molar-refractivity contribution in [3.05, 3.63) is 36.4 Å². The third-order valence-corrected chi connectivity index (χ3v) is 3.27. The highest BCUT2D eigenvalue weighted by Crippen LogP contribution is 2.33. The average Bonchev–Trinajstić information content (AvgIpc) is 3.01. The first kappa shape index (κ1) is 11.3. The van der Waals surface area contributed by atoms with E-state index in [4.69, 9.17) is 9.47 Å². The molecule has 1 aromatic carbocycles. The van der Waals surface area contributed by atoms with Crippen LogP contribution in [-0.4, -0.2) is 33.0 Å². The van der Waals surface area contributed by atoms with Gasteiger partial charge in [0.25, 0.3) is 0 Å². The van der Waals surface area contributed by atoms with Gasteiger partial charge in [0, 0.05) is 30.9 Å². The van der Waals surface area contributed by atoms with E-state index in [0.29, 0.717) is 19.8 Å². The standard InChI is InChI=1S/C14H14N4O2/c1-3-15-18(4-1)9-14-16-10-7-12-13(8-11(10)17-14)20-6-2-5-19-12/h1,3-4,7-8H,2,5-6,9H2,(H,16,17). The van der Waals surface area contributed by atoms with Crippen LogP contribution in [0.4, 0.5) is 0 Å². The molecule has 6 heteroatoms. The Morgan fingerprint density at radius 1 is 1.20 bits per heavy atom. The van der Waals surface area contributed by atoms with E-state index in [2.05, 4.69) is 15.1 Å². The highest BCUT2D eigenvalue weighted by atomic mass is 16.5. The van der Waals surface area contributed by atoms with E-state index in [-0.39, 0.29) is 0 Å². The van der Waals surface area contributed by atoms with Crippen LogP contribution in [0.2, 0.25) is 0 Å². The highest BCUT2D eigenvalue weighted by molar-refractivity contribution is 5.79. The Labute approximate surface area is 115 Å². The van der Waals surface area contributed by atoms with E-state index in [1.54, 1.807) is 6.20 Å². The molecule has 0 radical (unpaired) electrons. The van der Waals surface area contributed by atoms with Crippen LogP contribution < -0.4 is 9.47 Å². The van der Waals surface area contributed by atoms with E-state index < -0.39 is 0 Å². The second-order valence-electron chi connectivity index (χ2n) is 4.75. The first-order chi connectivity index (χ1) is 9.88. The molecule has 0 atom stereocenters. The number of nitrogens with one attached hydrogen (secondary N) is 1. The lowest BCUT2D eigenvalue weighted by Gasteiger charge is -2.05. The number of ether oxygens (including phenoxy) is 2. The van der Waals surface area contributed by atoms with Gasteiger partial charge in [0.2, 0.25) is 0 Å². The largest absolute Gasteiger partial charge is 0.489 e. The van der Waals surface area contributed by atoms with Crippen molar-refractivity contribution >= 4 is 11.0 Å². The van der Waals surface area contributed by atoms with Gasteiger partial charge in [0.05, 0.1) is 30.8 Å². The summed E-state index contributed by atoms with van der Waals surface area (Å²) in [5.41, 5.74) is 1.84. The van der Waals surface area contributed by atoms with Gasteiger partial charge >= 0.3 is 0 Å². The SMILES string of the molecule is c1cnn(Cc2nc3cc4c(cc3[nH]2)OCCCO4)c1. The van der Waals surface area contributed by atoms with Gasteiger partial charge in [-0.15, -0.1) is 0 Å². The van der Waals surface area contributed by atoms with E-state index in [9.17, 15) is 0 Å². The van der Waals surface area contributed by atoms with Crippen LogP contribution in [-0.2, 0) is 6.54 Å². The minimum absolute atomic E-state index is 0.619. The number of aromatic amines is 1. The van der Waals surface area contributed by atoms with Crippen LogP contribution in [0.25, 0.3) is 11.0 Å².